The highest BCUT2D eigenvalue weighted by atomic mass is 32.1. The second kappa shape index (κ2) is 6.76. The maximum atomic E-state index is 14.2. The number of rotatable bonds is 4. The number of nitrogens with one attached hydrogen (secondary N) is 1. The van der Waals surface area contributed by atoms with Gasteiger partial charge in [0.05, 0.1) is 30.3 Å². The van der Waals surface area contributed by atoms with Gasteiger partial charge in [-0.3, -0.25) is 9.78 Å². The number of anilines is 1. The number of carbonyl (C=O) groups is 1. The lowest BCUT2D eigenvalue weighted by Gasteiger charge is -2.06. The maximum absolute atomic E-state index is 14.2. The van der Waals surface area contributed by atoms with Crippen LogP contribution in [0.25, 0.3) is 10.6 Å². The number of aryl methyl sites for hydroxylation is 1. The summed E-state index contributed by atoms with van der Waals surface area (Å²) in [5.74, 6) is -0.371. The summed E-state index contributed by atoms with van der Waals surface area (Å²) in [5.41, 5.74) is 1.37. The zero-order valence-electron chi connectivity index (χ0n) is 13.0. The number of pyridine rings is 1. The van der Waals surface area contributed by atoms with Gasteiger partial charge in [-0.25, -0.2) is 9.37 Å². The molecule has 24 heavy (non-hydrogen) atoms. The van der Waals surface area contributed by atoms with Crippen molar-refractivity contribution in [3.8, 4) is 16.3 Å². The lowest BCUT2D eigenvalue weighted by atomic mass is 10.2. The lowest BCUT2D eigenvalue weighted by Crippen LogP contribution is -2.11. The highest BCUT2D eigenvalue weighted by molar-refractivity contribution is 7.17. The van der Waals surface area contributed by atoms with Gasteiger partial charge in [0.2, 0.25) is 0 Å². The molecule has 0 unspecified atom stereocenters. The number of methoxy groups -OCH3 is 1. The summed E-state index contributed by atoms with van der Waals surface area (Å²) in [4.78, 5) is 21.1. The van der Waals surface area contributed by atoms with E-state index in [9.17, 15) is 9.18 Å². The van der Waals surface area contributed by atoms with Crippen LogP contribution in [0.1, 0.15) is 15.4 Å². The standard InChI is InChI=1S/C17H14FN3O2S/c1-10-15(16(22)21-11-5-4-8-19-9-11)24-17(20-10)14-12(18)6-3-7-13(14)23-2/h3-9H,1-2H3,(H,21,22). The Balaban J connectivity index is 1.95. The minimum absolute atomic E-state index is 0.258. The van der Waals surface area contributed by atoms with E-state index in [1.54, 1.807) is 43.6 Å². The van der Waals surface area contributed by atoms with Crippen LogP contribution >= 0.6 is 11.3 Å². The molecule has 0 atom stereocenters. The molecule has 122 valence electrons. The minimum Gasteiger partial charge on any atom is -0.496 e. The number of carbonyl (C=O) groups excluding carboxylic acids is 1. The molecule has 3 rings (SSSR count). The quantitative estimate of drug-likeness (QED) is 0.780. The lowest BCUT2D eigenvalue weighted by molar-refractivity contribution is 0.103. The zero-order valence-corrected chi connectivity index (χ0v) is 13.9. The fourth-order valence-corrected chi connectivity index (χ4v) is 3.23. The molecular formula is C17H14FN3O2S. The van der Waals surface area contributed by atoms with Gasteiger partial charge < -0.3 is 10.1 Å². The molecule has 7 heteroatoms. The predicted octanol–water partition coefficient (Wildman–Crippen LogP) is 3.91. The number of benzene rings is 1. The molecule has 0 aliphatic rings. The fraction of sp³-hybridized carbons (Fsp3) is 0.118. The molecule has 0 fully saturated rings. The Morgan fingerprint density at radius 1 is 1.29 bits per heavy atom. The molecule has 2 aromatic heterocycles. The molecule has 3 aromatic rings. The maximum Gasteiger partial charge on any atom is 0.267 e. The molecule has 1 aromatic carbocycles. The number of hydrogen-bond acceptors (Lipinski definition) is 5. The second-order valence-electron chi connectivity index (χ2n) is 4.95. The number of aromatic nitrogens is 2. The highest BCUT2D eigenvalue weighted by Crippen LogP contribution is 2.36. The van der Waals surface area contributed by atoms with Gasteiger partial charge in [0.25, 0.3) is 5.91 Å². The van der Waals surface area contributed by atoms with Gasteiger partial charge in [-0.15, -0.1) is 11.3 Å². The van der Waals surface area contributed by atoms with E-state index >= 15 is 0 Å². The average molecular weight is 343 g/mol. The molecule has 0 spiro atoms. The van der Waals surface area contributed by atoms with E-state index in [1.165, 1.54) is 13.2 Å². The van der Waals surface area contributed by atoms with Gasteiger partial charge in [0.15, 0.2) is 0 Å². The Bertz CT molecular complexity index is 881. The van der Waals surface area contributed by atoms with E-state index in [1.807, 2.05) is 0 Å². The van der Waals surface area contributed by atoms with Gasteiger partial charge in [0, 0.05) is 6.20 Å². The number of thiazole rings is 1. The first-order valence-electron chi connectivity index (χ1n) is 7.12. The molecule has 0 bridgehead atoms. The largest absolute Gasteiger partial charge is 0.496 e. The van der Waals surface area contributed by atoms with Crippen LogP contribution in [0.2, 0.25) is 0 Å². The van der Waals surface area contributed by atoms with Gasteiger partial charge in [-0.05, 0) is 31.2 Å². The van der Waals surface area contributed by atoms with E-state index in [2.05, 4.69) is 15.3 Å². The van der Waals surface area contributed by atoms with E-state index in [-0.39, 0.29) is 11.5 Å². The van der Waals surface area contributed by atoms with E-state index in [4.69, 9.17) is 4.74 Å². The van der Waals surface area contributed by atoms with Crippen LogP contribution < -0.4 is 10.1 Å². The molecular weight excluding hydrogens is 329 g/mol. The summed E-state index contributed by atoms with van der Waals surface area (Å²) < 4.78 is 19.4. The van der Waals surface area contributed by atoms with E-state index in [0.717, 1.165) is 11.3 Å². The first-order valence-corrected chi connectivity index (χ1v) is 7.93. The Kier molecular flexibility index (Phi) is 4.52. The SMILES string of the molecule is COc1cccc(F)c1-c1nc(C)c(C(=O)Nc2cccnc2)s1. The van der Waals surface area contributed by atoms with Crippen molar-refractivity contribution in [1.82, 2.24) is 9.97 Å². The van der Waals surface area contributed by atoms with Crippen molar-refractivity contribution < 1.29 is 13.9 Å². The molecule has 1 amide bonds. The zero-order chi connectivity index (χ0) is 17.1. The molecule has 0 aliphatic heterocycles. The summed E-state index contributed by atoms with van der Waals surface area (Å²) in [6.07, 6.45) is 3.17. The van der Waals surface area contributed by atoms with Crippen LogP contribution in [0.4, 0.5) is 10.1 Å². The number of nitrogens with zero attached hydrogens (tertiary/aromatic N) is 2. The summed E-state index contributed by atoms with van der Waals surface area (Å²) in [5, 5.41) is 3.15. The third-order valence-corrected chi connectivity index (χ3v) is 4.51. The van der Waals surface area contributed by atoms with Crippen LogP contribution in [-0.4, -0.2) is 23.0 Å². The molecule has 0 saturated carbocycles. The van der Waals surface area contributed by atoms with Crippen LogP contribution in [0.5, 0.6) is 5.75 Å². The van der Waals surface area contributed by atoms with Crippen LogP contribution in [0, 0.1) is 12.7 Å². The summed E-state index contributed by atoms with van der Waals surface area (Å²) in [6, 6.07) is 8.02. The number of halogens is 1. The number of ether oxygens (including phenoxy) is 1. The van der Waals surface area contributed by atoms with Crippen molar-refractivity contribution in [1.29, 1.82) is 0 Å². The fourth-order valence-electron chi connectivity index (χ4n) is 2.22. The van der Waals surface area contributed by atoms with Crippen molar-refractivity contribution in [3.63, 3.8) is 0 Å². The first kappa shape index (κ1) is 16.1. The van der Waals surface area contributed by atoms with Crippen LogP contribution in [0.3, 0.4) is 0 Å². The average Bonchev–Trinajstić information content (AvgIpc) is 2.97. The Labute approximate surface area is 142 Å². The smallest absolute Gasteiger partial charge is 0.267 e. The van der Waals surface area contributed by atoms with Gasteiger partial charge >= 0.3 is 0 Å². The van der Waals surface area contributed by atoms with Gasteiger partial charge in [-0.1, -0.05) is 6.07 Å². The van der Waals surface area contributed by atoms with E-state index in [0.29, 0.717) is 27.0 Å². The van der Waals surface area contributed by atoms with Gasteiger partial charge in [0.1, 0.15) is 21.5 Å². The first-order chi connectivity index (χ1) is 11.6. The highest BCUT2D eigenvalue weighted by Gasteiger charge is 2.20. The summed E-state index contributed by atoms with van der Waals surface area (Å²) in [7, 11) is 1.47. The Morgan fingerprint density at radius 2 is 2.12 bits per heavy atom. The molecule has 5 nitrogen and oxygen atoms in total. The third kappa shape index (κ3) is 3.11. The predicted molar refractivity (Wildman–Crippen MR) is 91.0 cm³/mol. The van der Waals surface area contributed by atoms with Crippen molar-refractivity contribution in [2.75, 3.05) is 12.4 Å². The summed E-state index contributed by atoms with van der Waals surface area (Å²) >= 11 is 1.12. The molecule has 2 heterocycles. The Morgan fingerprint density at radius 3 is 2.83 bits per heavy atom. The van der Waals surface area contributed by atoms with Crippen LogP contribution in [-0.2, 0) is 0 Å². The number of hydrogen-bond donors (Lipinski definition) is 1. The van der Waals surface area contributed by atoms with Crippen molar-refractivity contribution in [2.24, 2.45) is 0 Å². The van der Waals surface area contributed by atoms with Gasteiger partial charge in [-0.2, -0.15) is 0 Å². The normalized spacial score (nSPS) is 10.5. The van der Waals surface area contributed by atoms with Crippen molar-refractivity contribution in [3.05, 3.63) is 59.1 Å². The molecule has 0 saturated heterocycles. The molecule has 0 aliphatic carbocycles. The monoisotopic (exact) mass is 343 g/mol. The van der Waals surface area contributed by atoms with Crippen molar-refractivity contribution >= 4 is 22.9 Å². The van der Waals surface area contributed by atoms with E-state index < -0.39 is 5.82 Å². The van der Waals surface area contributed by atoms with Crippen LogP contribution in [0.15, 0.2) is 42.7 Å². The molecule has 1 N–H and O–H groups in total. The topological polar surface area (TPSA) is 64.1 Å². The molecule has 0 radical (unpaired) electrons. The Hall–Kier alpha value is -2.80. The summed E-state index contributed by atoms with van der Waals surface area (Å²) in [6.45, 7) is 1.71. The van der Waals surface area contributed by atoms with Crippen molar-refractivity contribution in [2.45, 2.75) is 6.92 Å². The second-order valence-corrected chi connectivity index (χ2v) is 5.95. The number of amides is 1. The third-order valence-electron chi connectivity index (χ3n) is 3.33. The minimum atomic E-state index is -0.442.